The lowest BCUT2D eigenvalue weighted by molar-refractivity contribution is -0.131. The number of carbonyl (C=O) groups excluding carboxylic acids is 1. The fourth-order valence-electron chi connectivity index (χ4n) is 3.95. The number of hydrogen-bond donors (Lipinski definition) is 1. The summed E-state index contributed by atoms with van der Waals surface area (Å²) in [6, 6.07) is 9.68. The summed E-state index contributed by atoms with van der Waals surface area (Å²) in [5.74, 6) is 7.69. The van der Waals surface area contributed by atoms with Crippen LogP contribution in [0.25, 0.3) is 11.3 Å². The average Bonchev–Trinajstić information content (AvgIpc) is 3.66. The van der Waals surface area contributed by atoms with E-state index >= 15 is 0 Å². The molecule has 0 bridgehead atoms. The first-order valence-electron chi connectivity index (χ1n) is 11.6. The molecule has 4 heterocycles. The van der Waals surface area contributed by atoms with Crippen LogP contribution in [0.5, 0.6) is 0 Å². The molecular weight excluding hydrogens is 458 g/mol. The first kappa shape index (κ1) is 23.3. The van der Waals surface area contributed by atoms with Crippen molar-refractivity contribution in [2.45, 2.75) is 32.5 Å². The van der Waals surface area contributed by atoms with Crippen molar-refractivity contribution in [3.63, 3.8) is 0 Å². The number of rotatable bonds is 6. The lowest BCUT2D eigenvalue weighted by Gasteiger charge is -2.24. The highest BCUT2D eigenvalue weighted by molar-refractivity contribution is 5.76. The van der Waals surface area contributed by atoms with Gasteiger partial charge in [0, 0.05) is 48.2 Å². The van der Waals surface area contributed by atoms with Crippen LogP contribution in [0.2, 0.25) is 0 Å². The summed E-state index contributed by atoms with van der Waals surface area (Å²) in [7, 11) is 0. The van der Waals surface area contributed by atoms with E-state index < -0.39 is 6.10 Å². The predicted octanol–water partition coefficient (Wildman–Crippen LogP) is 2.44. The summed E-state index contributed by atoms with van der Waals surface area (Å²) >= 11 is 0. The number of nitrogens with zero attached hydrogens (tertiary/aromatic N) is 7. The third-order valence-electron chi connectivity index (χ3n) is 5.88. The molecule has 1 aromatic carbocycles. The van der Waals surface area contributed by atoms with Gasteiger partial charge in [-0.15, -0.1) is 0 Å². The highest BCUT2D eigenvalue weighted by Gasteiger charge is 2.17. The number of aliphatic hydroxyl groups excluding tert-OH is 1. The predicted molar refractivity (Wildman–Crippen MR) is 130 cm³/mol. The number of benzene rings is 1. The highest BCUT2D eigenvalue weighted by atomic mass is 16.5. The zero-order valence-electron chi connectivity index (χ0n) is 19.8. The van der Waals surface area contributed by atoms with E-state index in [1.807, 2.05) is 41.0 Å². The van der Waals surface area contributed by atoms with Crippen molar-refractivity contribution in [3.8, 4) is 23.2 Å². The zero-order valence-corrected chi connectivity index (χ0v) is 19.8. The van der Waals surface area contributed by atoms with Crippen LogP contribution in [0.3, 0.4) is 0 Å². The Morgan fingerprint density at radius 1 is 1.25 bits per heavy atom. The Bertz CT molecular complexity index is 1420. The van der Waals surface area contributed by atoms with Crippen molar-refractivity contribution in [3.05, 3.63) is 84.1 Å². The SMILES string of the molecule is C[C@H](O)c1nccn1Cc1cc(-c2ccc(C#CC3=CCN(C(=O)Cn4cncn4)CC3)cc2)on1. The molecular formula is C26H25N7O3. The minimum Gasteiger partial charge on any atom is -0.385 e. The summed E-state index contributed by atoms with van der Waals surface area (Å²) < 4.78 is 8.89. The van der Waals surface area contributed by atoms with Gasteiger partial charge in [-0.3, -0.25) is 4.79 Å². The van der Waals surface area contributed by atoms with Gasteiger partial charge in [-0.25, -0.2) is 14.6 Å². The molecule has 0 aliphatic carbocycles. The fraction of sp³-hybridized carbons (Fsp3) is 0.269. The Morgan fingerprint density at radius 2 is 2.11 bits per heavy atom. The quantitative estimate of drug-likeness (QED) is 0.419. The molecule has 1 atom stereocenters. The summed E-state index contributed by atoms with van der Waals surface area (Å²) in [6.07, 6.45) is 8.49. The average molecular weight is 484 g/mol. The van der Waals surface area contributed by atoms with Gasteiger partial charge in [0.2, 0.25) is 5.91 Å². The summed E-state index contributed by atoms with van der Waals surface area (Å²) in [6.45, 7) is 3.52. The number of carbonyl (C=O) groups is 1. The van der Waals surface area contributed by atoms with E-state index in [1.54, 1.807) is 24.2 Å². The Labute approximate surface area is 207 Å². The highest BCUT2D eigenvalue weighted by Crippen LogP contribution is 2.22. The molecule has 10 nitrogen and oxygen atoms in total. The number of aromatic nitrogens is 6. The van der Waals surface area contributed by atoms with Crippen molar-refractivity contribution in [1.82, 2.24) is 34.4 Å². The van der Waals surface area contributed by atoms with Crippen LogP contribution in [-0.4, -0.2) is 58.5 Å². The minimum absolute atomic E-state index is 0.0170. The molecule has 182 valence electrons. The van der Waals surface area contributed by atoms with Crippen molar-refractivity contribution in [2.24, 2.45) is 0 Å². The maximum atomic E-state index is 12.4. The Morgan fingerprint density at radius 3 is 2.83 bits per heavy atom. The van der Waals surface area contributed by atoms with Crippen molar-refractivity contribution in [1.29, 1.82) is 0 Å². The molecule has 0 spiro atoms. The Balaban J connectivity index is 1.18. The largest absolute Gasteiger partial charge is 0.385 e. The van der Waals surface area contributed by atoms with Gasteiger partial charge in [-0.05, 0) is 37.6 Å². The lowest BCUT2D eigenvalue weighted by atomic mass is 10.1. The molecule has 0 unspecified atom stereocenters. The Hall–Kier alpha value is -4.49. The number of imidazole rings is 1. The van der Waals surface area contributed by atoms with Crippen molar-refractivity contribution < 1.29 is 14.4 Å². The normalized spacial score (nSPS) is 14.2. The van der Waals surface area contributed by atoms with Crippen molar-refractivity contribution >= 4 is 5.91 Å². The molecule has 10 heteroatoms. The van der Waals surface area contributed by atoms with Crippen LogP contribution >= 0.6 is 0 Å². The smallest absolute Gasteiger partial charge is 0.244 e. The van der Waals surface area contributed by atoms with Crippen LogP contribution in [-0.2, 0) is 17.9 Å². The Kier molecular flexibility index (Phi) is 6.73. The molecule has 1 aliphatic heterocycles. The van der Waals surface area contributed by atoms with Gasteiger partial charge in [0.25, 0.3) is 0 Å². The van der Waals surface area contributed by atoms with Crippen LogP contribution in [0, 0.1) is 11.8 Å². The van der Waals surface area contributed by atoms with Gasteiger partial charge in [0.15, 0.2) is 5.76 Å². The molecule has 36 heavy (non-hydrogen) atoms. The van der Waals surface area contributed by atoms with E-state index in [2.05, 4.69) is 32.1 Å². The van der Waals surface area contributed by atoms with Gasteiger partial charge in [0.05, 0.1) is 6.54 Å². The van der Waals surface area contributed by atoms with E-state index in [4.69, 9.17) is 4.52 Å². The summed E-state index contributed by atoms with van der Waals surface area (Å²) in [5, 5.41) is 18.0. The molecule has 1 amide bonds. The first-order chi connectivity index (χ1) is 17.5. The minimum atomic E-state index is -0.656. The number of hydrogen-bond acceptors (Lipinski definition) is 7. The summed E-state index contributed by atoms with van der Waals surface area (Å²) in [5.41, 5.74) is 3.56. The number of amides is 1. The van der Waals surface area contributed by atoms with Gasteiger partial charge in [0.1, 0.15) is 36.8 Å². The van der Waals surface area contributed by atoms with E-state index in [1.165, 1.54) is 17.3 Å². The van der Waals surface area contributed by atoms with E-state index in [-0.39, 0.29) is 12.5 Å². The van der Waals surface area contributed by atoms with Gasteiger partial charge < -0.3 is 19.1 Å². The van der Waals surface area contributed by atoms with Gasteiger partial charge in [-0.1, -0.05) is 23.1 Å². The lowest BCUT2D eigenvalue weighted by Crippen LogP contribution is -2.37. The molecule has 0 radical (unpaired) electrons. The second-order valence-electron chi connectivity index (χ2n) is 8.51. The second kappa shape index (κ2) is 10.4. The number of aliphatic hydroxyl groups is 1. The molecule has 3 aromatic heterocycles. The van der Waals surface area contributed by atoms with Gasteiger partial charge >= 0.3 is 0 Å². The summed E-state index contributed by atoms with van der Waals surface area (Å²) in [4.78, 5) is 22.2. The van der Waals surface area contributed by atoms with Crippen LogP contribution in [0.15, 0.2) is 71.6 Å². The fourth-order valence-corrected chi connectivity index (χ4v) is 3.95. The van der Waals surface area contributed by atoms with Crippen molar-refractivity contribution in [2.75, 3.05) is 13.1 Å². The molecule has 1 N–H and O–H groups in total. The third kappa shape index (κ3) is 5.42. The molecule has 0 fully saturated rings. The maximum absolute atomic E-state index is 12.4. The topological polar surface area (TPSA) is 115 Å². The monoisotopic (exact) mass is 483 g/mol. The van der Waals surface area contributed by atoms with E-state index in [0.29, 0.717) is 31.2 Å². The maximum Gasteiger partial charge on any atom is 0.244 e. The van der Waals surface area contributed by atoms with Crippen LogP contribution < -0.4 is 0 Å². The first-order valence-corrected chi connectivity index (χ1v) is 11.6. The third-order valence-corrected chi connectivity index (χ3v) is 5.88. The second-order valence-corrected chi connectivity index (χ2v) is 8.51. The zero-order chi connectivity index (χ0) is 24.9. The van der Waals surface area contributed by atoms with E-state index in [9.17, 15) is 9.90 Å². The molecule has 1 aliphatic rings. The standard InChI is InChI=1S/C26H25N7O3/c1-19(34)26-28-10-13-32(26)15-23-14-24(36-30-23)22-6-4-20(5-7-22)2-3-21-8-11-31(12-9-21)25(35)16-33-18-27-17-29-33/h4-8,10,13-14,17-19,34H,9,11-12,15-16H2,1H3/t19-/m0/s1. The van der Waals surface area contributed by atoms with Crippen LogP contribution in [0.4, 0.5) is 0 Å². The molecule has 5 rings (SSSR count). The van der Waals surface area contributed by atoms with Crippen LogP contribution in [0.1, 0.15) is 36.5 Å². The molecule has 0 saturated heterocycles. The van der Waals surface area contributed by atoms with Gasteiger partial charge in [-0.2, -0.15) is 5.10 Å². The molecule has 0 saturated carbocycles. The molecule has 4 aromatic rings. The van der Waals surface area contributed by atoms with E-state index in [0.717, 1.165) is 28.8 Å².